The van der Waals surface area contributed by atoms with Crippen molar-refractivity contribution in [3.05, 3.63) is 59.7 Å². The molecule has 27 heavy (non-hydrogen) atoms. The molecule has 0 fully saturated rings. The lowest BCUT2D eigenvalue weighted by molar-refractivity contribution is -0.120. The van der Waals surface area contributed by atoms with Crippen LogP contribution in [0.2, 0.25) is 0 Å². The van der Waals surface area contributed by atoms with Crippen LogP contribution < -0.4 is 20.2 Å². The maximum Gasteiger partial charge on any atom is 0.259 e. The fraction of sp³-hybridized carbons (Fsp3) is 0.150. The van der Waals surface area contributed by atoms with E-state index in [1.54, 1.807) is 48.5 Å². The number of carbonyl (C=O) groups is 2. The first-order chi connectivity index (χ1) is 13.2. The van der Waals surface area contributed by atoms with Crippen molar-refractivity contribution < 1.29 is 19.1 Å². The van der Waals surface area contributed by atoms with E-state index in [1.165, 1.54) is 13.3 Å². The third-order valence-electron chi connectivity index (χ3n) is 3.38. The van der Waals surface area contributed by atoms with Gasteiger partial charge in [-0.05, 0) is 24.3 Å². The van der Waals surface area contributed by atoms with Gasteiger partial charge in [0.25, 0.3) is 11.8 Å². The predicted molar refractivity (Wildman–Crippen MR) is 102 cm³/mol. The lowest BCUT2D eigenvalue weighted by Gasteiger charge is -2.08. The van der Waals surface area contributed by atoms with Crippen molar-refractivity contribution >= 4 is 18.0 Å². The summed E-state index contributed by atoms with van der Waals surface area (Å²) in [6.07, 6.45) is 6.61. The maximum absolute atomic E-state index is 12.1. The Kier molecular flexibility index (Phi) is 7.42. The van der Waals surface area contributed by atoms with E-state index < -0.39 is 11.8 Å². The van der Waals surface area contributed by atoms with Crippen LogP contribution in [0, 0.1) is 12.3 Å². The smallest absolute Gasteiger partial charge is 0.259 e. The van der Waals surface area contributed by atoms with Gasteiger partial charge in [0.2, 0.25) is 0 Å². The average Bonchev–Trinajstić information content (AvgIpc) is 2.71. The summed E-state index contributed by atoms with van der Waals surface area (Å²) >= 11 is 0. The summed E-state index contributed by atoms with van der Waals surface area (Å²) in [5.74, 6) is 2.47. The lowest BCUT2D eigenvalue weighted by atomic mass is 10.2. The topological polar surface area (TPSA) is 89.0 Å². The number of amides is 2. The normalized spacial score (nSPS) is 10.1. The van der Waals surface area contributed by atoms with E-state index in [1.807, 2.05) is 0 Å². The van der Waals surface area contributed by atoms with Crippen LogP contribution in [0.15, 0.2) is 53.6 Å². The lowest BCUT2D eigenvalue weighted by Crippen LogP contribution is -2.35. The second kappa shape index (κ2) is 10.3. The van der Waals surface area contributed by atoms with Crippen LogP contribution in [0.25, 0.3) is 0 Å². The number of hydrazone groups is 1. The molecule has 2 aromatic carbocycles. The molecule has 0 bridgehead atoms. The molecule has 0 radical (unpaired) electrons. The molecular weight excluding hydrogens is 346 g/mol. The van der Waals surface area contributed by atoms with Crippen LogP contribution in [0.3, 0.4) is 0 Å². The van der Waals surface area contributed by atoms with Gasteiger partial charge in [-0.3, -0.25) is 9.59 Å². The molecule has 7 heteroatoms. The molecule has 7 nitrogen and oxygen atoms in total. The van der Waals surface area contributed by atoms with E-state index in [2.05, 4.69) is 21.8 Å². The third kappa shape index (κ3) is 5.90. The number of rotatable bonds is 8. The van der Waals surface area contributed by atoms with Crippen molar-refractivity contribution in [3.8, 4) is 23.8 Å². The van der Waals surface area contributed by atoms with Gasteiger partial charge in [0.05, 0.1) is 25.4 Å². The number of carbonyl (C=O) groups excluding carboxylic acids is 2. The van der Waals surface area contributed by atoms with Gasteiger partial charge >= 0.3 is 0 Å². The molecule has 0 heterocycles. The number of nitrogens with one attached hydrogen (secondary N) is 2. The highest BCUT2D eigenvalue weighted by molar-refractivity contribution is 5.98. The van der Waals surface area contributed by atoms with Crippen LogP contribution in [0.1, 0.15) is 15.9 Å². The van der Waals surface area contributed by atoms with Crippen LogP contribution in [0.4, 0.5) is 0 Å². The number of para-hydroxylation sites is 2. The van der Waals surface area contributed by atoms with Gasteiger partial charge in [0.1, 0.15) is 18.1 Å². The molecule has 0 atom stereocenters. The summed E-state index contributed by atoms with van der Waals surface area (Å²) in [4.78, 5) is 24.0. The third-order valence-corrected chi connectivity index (χ3v) is 3.38. The SMILES string of the molecule is C#CCOc1ccccc1C=NNC(=O)CNC(=O)c1ccccc1OC. The molecule has 2 aromatic rings. The number of ether oxygens (including phenoxy) is 2. The zero-order chi connectivity index (χ0) is 19.5. The summed E-state index contributed by atoms with van der Waals surface area (Å²) in [7, 11) is 1.47. The van der Waals surface area contributed by atoms with Gasteiger partial charge in [-0.2, -0.15) is 5.10 Å². The fourth-order valence-corrected chi connectivity index (χ4v) is 2.14. The minimum Gasteiger partial charge on any atom is -0.496 e. The number of hydrogen-bond donors (Lipinski definition) is 2. The predicted octanol–water partition coefficient (Wildman–Crippen LogP) is 1.59. The number of methoxy groups -OCH3 is 1. The van der Waals surface area contributed by atoms with Gasteiger partial charge < -0.3 is 14.8 Å². The van der Waals surface area contributed by atoms with Gasteiger partial charge in [-0.25, -0.2) is 5.43 Å². The van der Waals surface area contributed by atoms with E-state index in [0.717, 1.165) is 0 Å². The largest absolute Gasteiger partial charge is 0.496 e. The molecule has 2 amide bonds. The minimum atomic E-state index is -0.475. The Labute approximate surface area is 157 Å². The number of benzene rings is 2. The Morgan fingerprint density at radius 1 is 1.15 bits per heavy atom. The summed E-state index contributed by atoms with van der Waals surface area (Å²) < 4.78 is 10.5. The van der Waals surface area contributed by atoms with E-state index in [0.29, 0.717) is 22.6 Å². The Hall–Kier alpha value is -3.79. The molecule has 0 saturated heterocycles. The van der Waals surface area contributed by atoms with Crippen molar-refractivity contribution in [2.45, 2.75) is 0 Å². The molecule has 0 aromatic heterocycles. The van der Waals surface area contributed by atoms with Crippen LogP contribution in [-0.4, -0.2) is 38.3 Å². The Bertz CT molecular complexity index is 872. The van der Waals surface area contributed by atoms with Gasteiger partial charge in [-0.1, -0.05) is 30.2 Å². The summed E-state index contributed by atoms with van der Waals surface area (Å²) in [5.41, 5.74) is 3.34. The zero-order valence-electron chi connectivity index (χ0n) is 14.8. The quantitative estimate of drug-likeness (QED) is 0.422. The minimum absolute atomic E-state index is 0.131. The van der Waals surface area contributed by atoms with Crippen molar-refractivity contribution in [3.63, 3.8) is 0 Å². The van der Waals surface area contributed by atoms with E-state index in [9.17, 15) is 9.59 Å². The highest BCUT2D eigenvalue weighted by Crippen LogP contribution is 2.17. The summed E-state index contributed by atoms with van der Waals surface area (Å²) in [6, 6.07) is 13.9. The molecule has 0 spiro atoms. The van der Waals surface area contributed by atoms with Crippen molar-refractivity contribution in [1.29, 1.82) is 0 Å². The molecular formula is C20H19N3O4. The summed E-state index contributed by atoms with van der Waals surface area (Å²) in [5, 5.41) is 6.37. The molecule has 2 rings (SSSR count). The highest BCUT2D eigenvalue weighted by atomic mass is 16.5. The number of terminal acetylenes is 1. The van der Waals surface area contributed by atoms with Crippen LogP contribution in [0.5, 0.6) is 11.5 Å². The Morgan fingerprint density at radius 2 is 1.85 bits per heavy atom. The van der Waals surface area contributed by atoms with Crippen molar-refractivity contribution in [1.82, 2.24) is 10.7 Å². The molecule has 2 N–H and O–H groups in total. The molecule has 0 aliphatic heterocycles. The first-order valence-corrected chi connectivity index (χ1v) is 8.04. The Balaban J connectivity index is 1.87. The Morgan fingerprint density at radius 3 is 2.59 bits per heavy atom. The number of nitrogens with zero attached hydrogens (tertiary/aromatic N) is 1. The monoisotopic (exact) mass is 365 g/mol. The van der Waals surface area contributed by atoms with Crippen LogP contribution >= 0.6 is 0 Å². The number of hydrogen-bond acceptors (Lipinski definition) is 5. The van der Waals surface area contributed by atoms with Crippen molar-refractivity contribution in [2.24, 2.45) is 5.10 Å². The first kappa shape index (κ1) is 19.5. The highest BCUT2D eigenvalue weighted by Gasteiger charge is 2.12. The molecule has 0 saturated carbocycles. The van der Waals surface area contributed by atoms with Gasteiger partial charge in [-0.15, -0.1) is 6.42 Å². The maximum atomic E-state index is 12.1. The molecule has 138 valence electrons. The fourth-order valence-electron chi connectivity index (χ4n) is 2.14. The van der Waals surface area contributed by atoms with E-state index in [4.69, 9.17) is 15.9 Å². The van der Waals surface area contributed by atoms with Gasteiger partial charge in [0.15, 0.2) is 0 Å². The van der Waals surface area contributed by atoms with E-state index in [-0.39, 0.29) is 13.2 Å². The second-order valence-corrected chi connectivity index (χ2v) is 5.21. The van der Waals surface area contributed by atoms with Crippen molar-refractivity contribution in [2.75, 3.05) is 20.3 Å². The zero-order valence-corrected chi connectivity index (χ0v) is 14.8. The standard InChI is InChI=1S/C20H19N3O4/c1-3-12-27-17-10-6-4-8-15(17)13-22-23-19(24)14-21-20(25)16-9-5-7-11-18(16)26-2/h1,4-11,13H,12,14H2,2H3,(H,21,25)(H,23,24). The molecule has 0 unspecified atom stereocenters. The van der Waals surface area contributed by atoms with Gasteiger partial charge in [0, 0.05) is 5.56 Å². The summed E-state index contributed by atoms with van der Waals surface area (Å²) in [6.45, 7) is -0.102. The molecule has 0 aliphatic rings. The van der Waals surface area contributed by atoms with E-state index >= 15 is 0 Å². The van der Waals surface area contributed by atoms with Crippen LogP contribution in [-0.2, 0) is 4.79 Å². The second-order valence-electron chi connectivity index (χ2n) is 5.21. The average molecular weight is 365 g/mol. The first-order valence-electron chi connectivity index (χ1n) is 8.04. The molecule has 0 aliphatic carbocycles.